The molecule has 1 saturated carbocycles. The van der Waals surface area contributed by atoms with Crippen LogP contribution in [0.1, 0.15) is 12.8 Å². The summed E-state index contributed by atoms with van der Waals surface area (Å²) in [6.45, 7) is 0.613. The molecule has 0 N–H and O–H groups in total. The van der Waals surface area contributed by atoms with Crippen molar-refractivity contribution in [1.29, 1.82) is 0 Å². The van der Waals surface area contributed by atoms with Gasteiger partial charge in [-0.05, 0) is 0 Å². The van der Waals surface area contributed by atoms with Gasteiger partial charge < -0.3 is 0 Å². The van der Waals surface area contributed by atoms with E-state index < -0.39 is 0 Å². The van der Waals surface area contributed by atoms with E-state index in [-0.39, 0.29) is 0 Å². The van der Waals surface area contributed by atoms with Gasteiger partial charge in [-0.1, -0.05) is 90.2 Å². The molecule has 0 amide bonds. The van der Waals surface area contributed by atoms with Gasteiger partial charge in [0.1, 0.15) is 0 Å². The molecule has 2 aromatic rings. The number of hydrogen-bond donors (Lipinski definition) is 0. The highest BCUT2D eigenvalue weighted by Crippen LogP contribution is 2.38. The lowest BCUT2D eigenvalue weighted by molar-refractivity contribution is 1.42. The summed E-state index contributed by atoms with van der Waals surface area (Å²) < 4.78 is 0. The van der Waals surface area contributed by atoms with E-state index in [1.54, 1.807) is 0 Å². The first-order chi connectivity index (χ1) is 7.95. The predicted molar refractivity (Wildman–Crippen MR) is 70.9 cm³/mol. The van der Waals surface area contributed by atoms with E-state index in [9.17, 15) is 0 Å². The Balaban J connectivity index is 1.99. The maximum Gasteiger partial charge on any atom is 0.212 e. The third-order valence-corrected chi connectivity index (χ3v) is 3.41. The second-order valence-corrected chi connectivity index (χ2v) is 4.64. The molecule has 3 rings (SSSR count). The Morgan fingerprint density at radius 2 is 1.12 bits per heavy atom. The average molecular weight is 206 g/mol. The lowest BCUT2D eigenvalue weighted by Gasteiger charge is -2.13. The van der Waals surface area contributed by atoms with Crippen molar-refractivity contribution in [3.63, 3.8) is 0 Å². The van der Waals surface area contributed by atoms with Gasteiger partial charge in [-0.3, -0.25) is 0 Å². The highest BCUT2D eigenvalue weighted by molar-refractivity contribution is 6.86. The molecule has 2 aromatic carbocycles. The minimum atomic E-state index is 0.613. The summed E-state index contributed by atoms with van der Waals surface area (Å²) >= 11 is 0. The monoisotopic (exact) mass is 206 g/mol. The van der Waals surface area contributed by atoms with Gasteiger partial charge in [-0.15, -0.1) is 0 Å². The minimum Gasteiger partial charge on any atom is -0.0739 e. The number of benzene rings is 2. The van der Waals surface area contributed by atoms with E-state index in [2.05, 4.69) is 60.7 Å². The Bertz CT molecular complexity index is 406. The van der Waals surface area contributed by atoms with Gasteiger partial charge >= 0.3 is 0 Å². The smallest absolute Gasteiger partial charge is 0.0739 e. The first-order valence-electron chi connectivity index (χ1n) is 6.05. The number of hydrogen-bond acceptors (Lipinski definition) is 0. The lowest BCUT2D eigenvalue weighted by Crippen LogP contribution is -2.42. The van der Waals surface area contributed by atoms with Crippen LogP contribution in [0.4, 0.5) is 0 Å². The zero-order chi connectivity index (χ0) is 10.8. The molecule has 1 aliphatic carbocycles. The van der Waals surface area contributed by atoms with Crippen LogP contribution in [0.15, 0.2) is 60.7 Å². The summed E-state index contributed by atoms with van der Waals surface area (Å²) in [5, 5.41) is 0. The minimum absolute atomic E-state index is 0.613. The van der Waals surface area contributed by atoms with Crippen molar-refractivity contribution < 1.29 is 0 Å². The van der Waals surface area contributed by atoms with Crippen molar-refractivity contribution in [2.75, 3.05) is 0 Å². The molecule has 1 fully saturated rings. The lowest BCUT2D eigenvalue weighted by atomic mass is 9.37. The van der Waals surface area contributed by atoms with Gasteiger partial charge in [-0.2, -0.15) is 0 Å². The molecule has 0 aliphatic heterocycles. The fourth-order valence-electron chi connectivity index (χ4n) is 2.49. The van der Waals surface area contributed by atoms with Crippen LogP contribution in [0.25, 0.3) is 0 Å². The summed E-state index contributed by atoms with van der Waals surface area (Å²) in [5.41, 5.74) is 2.94. The van der Waals surface area contributed by atoms with Crippen LogP contribution in [0.3, 0.4) is 0 Å². The highest BCUT2D eigenvalue weighted by atomic mass is 14.2. The van der Waals surface area contributed by atoms with Gasteiger partial charge in [0.15, 0.2) is 0 Å². The summed E-state index contributed by atoms with van der Waals surface area (Å²) in [6.07, 6.45) is 2.77. The molecule has 0 heterocycles. The molecule has 0 atom stereocenters. The van der Waals surface area contributed by atoms with Gasteiger partial charge in [0.05, 0.1) is 0 Å². The highest BCUT2D eigenvalue weighted by Gasteiger charge is 2.36. The van der Waals surface area contributed by atoms with Crippen molar-refractivity contribution in [2.24, 2.45) is 0 Å². The van der Waals surface area contributed by atoms with Gasteiger partial charge in [0.25, 0.3) is 0 Å². The van der Waals surface area contributed by atoms with E-state index in [0.717, 1.165) is 5.82 Å². The van der Waals surface area contributed by atoms with E-state index in [0.29, 0.717) is 6.71 Å². The van der Waals surface area contributed by atoms with Crippen molar-refractivity contribution in [3.8, 4) is 0 Å². The van der Waals surface area contributed by atoms with Crippen LogP contribution >= 0.6 is 0 Å². The normalized spacial score (nSPS) is 14.8. The van der Waals surface area contributed by atoms with E-state index in [4.69, 9.17) is 0 Å². The average Bonchev–Trinajstić information content (AvgIpc) is 3.17. The fourth-order valence-corrected chi connectivity index (χ4v) is 2.49. The molecular formula is C15H15B. The van der Waals surface area contributed by atoms with E-state index >= 15 is 0 Å². The molecule has 0 radical (unpaired) electrons. The van der Waals surface area contributed by atoms with E-state index in [1.165, 1.54) is 23.8 Å². The second kappa shape index (κ2) is 4.17. The molecule has 0 bridgehead atoms. The fraction of sp³-hybridized carbons (Fsp3) is 0.200. The summed E-state index contributed by atoms with van der Waals surface area (Å²) in [5.74, 6) is 0.866. The summed E-state index contributed by atoms with van der Waals surface area (Å²) in [4.78, 5) is 0. The molecule has 16 heavy (non-hydrogen) atoms. The zero-order valence-corrected chi connectivity index (χ0v) is 9.34. The van der Waals surface area contributed by atoms with Gasteiger partial charge in [0, 0.05) is 0 Å². The van der Waals surface area contributed by atoms with Crippen molar-refractivity contribution in [2.45, 2.75) is 18.7 Å². The molecule has 0 saturated heterocycles. The third kappa shape index (κ3) is 1.90. The van der Waals surface area contributed by atoms with E-state index in [1.807, 2.05) is 0 Å². The predicted octanol–water partition coefficient (Wildman–Crippen LogP) is 2.46. The third-order valence-electron chi connectivity index (χ3n) is 3.41. The maximum atomic E-state index is 2.26. The quantitative estimate of drug-likeness (QED) is 0.676. The molecule has 0 unspecified atom stereocenters. The SMILES string of the molecule is c1ccc(B(c2ccccc2)C2CC2)cc1. The summed E-state index contributed by atoms with van der Waals surface area (Å²) in [7, 11) is 0. The van der Waals surface area contributed by atoms with Crippen LogP contribution in [-0.2, 0) is 0 Å². The Morgan fingerprint density at radius 1 is 0.688 bits per heavy atom. The van der Waals surface area contributed by atoms with Crippen LogP contribution in [-0.4, -0.2) is 6.71 Å². The Labute approximate surface area is 97.4 Å². The Morgan fingerprint density at radius 3 is 1.50 bits per heavy atom. The summed E-state index contributed by atoms with van der Waals surface area (Å²) in [6, 6.07) is 21.8. The zero-order valence-electron chi connectivity index (χ0n) is 9.34. The molecule has 1 aliphatic rings. The first kappa shape index (κ1) is 9.71. The van der Waals surface area contributed by atoms with Gasteiger partial charge in [-0.25, -0.2) is 0 Å². The van der Waals surface area contributed by atoms with Crippen LogP contribution in [0.2, 0.25) is 5.82 Å². The second-order valence-electron chi connectivity index (χ2n) is 4.64. The standard InChI is InChI=1S/C15H15B/c1-3-7-13(8-4-1)16(15-11-12-15)14-9-5-2-6-10-14/h1-10,15H,11-12H2. The van der Waals surface area contributed by atoms with Crippen molar-refractivity contribution >= 4 is 17.6 Å². The maximum absolute atomic E-state index is 2.26. The molecule has 0 nitrogen and oxygen atoms in total. The van der Waals surface area contributed by atoms with Crippen molar-refractivity contribution in [1.82, 2.24) is 0 Å². The Hall–Kier alpha value is -1.50. The molecular weight excluding hydrogens is 191 g/mol. The molecule has 78 valence electrons. The topological polar surface area (TPSA) is 0 Å². The molecule has 0 aromatic heterocycles. The van der Waals surface area contributed by atoms with Crippen LogP contribution in [0, 0.1) is 0 Å². The first-order valence-corrected chi connectivity index (χ1v) is 6.05. The van der Waals surface area contributed by atoms with Crippen LogP contribution < -0.4 is 10.9 Å². The van der Waals surface area contributed by atoms with Gasteiger partial charge in [0.2, 0.25) is 6.71 Å². The van der Waals surface area contributed by atoms with Crippen molar-refractivity contribution in [3.05, 3.63) is 60.7 Å². The molecule has 0 spiro atoms. The number of rotatable bonds is 3. The Kier molecular flexibility index (Phi) is 2.53. The largest absolute Gasteiger partial charge is 0.212 e. The van der Waals surface area contributed by atoms with Crippen LogP contribution in [0.5, 0.6) is 0 Å². The molecule has 1 heteroatoms.